The fraction of sp³-hybridized carbons (Fsp3) is 0.364. The lowest BCUT2D eigenvalue weighted by atomic mass is 10.0. The molecule has 0 aliphatic heterocycles. The molecule has 2 N–H and O–H groups in total. The molecule has 2 nitrogen and oxygen atoms in total. The third kappa shape index (κ3) is 2.25. The average Bonchev–Trinajstić information content (AvgIpc) is 3.00. The maximum absolute atomic E-state index is 8.61. The quantitative estimate of drug-likeness (QED) is 0.812. The molecule has 3 heteroatoms. The summed E-state index contributed by atoms with van der Waals surface area (Å²) in [6.07, 6.45) is 2.50. The van der Waals surface area contributed by atoms with Gasteiger partial charge in [-0.2, -0.15) is 5.26 Å². The molecule has 1 aliphatic carbocycles. The van der Waals surface area contributed by atoms with Gasteiger partial charge in [-0.05, 0) is 36.5 Å². The Kier molecular flexibility index (Phi) is 3.51. The molecule has 0 saturated heterocycles. The third-order valence-corrected chi connectivity index (χ3v) is 2.55. The molecule has 0 amide bonds. The molecule has 0 bridgehead atoms. The Labute approximate surface area is 90.1 Å². The van der Waals surface area contributed by atoms with Gasteiger partial charge < -0.3 is 5.73 Å². The van der Waals surface area contributed by atoms with Crippen LogP contribution in [0.15, 0.2) is 24.3 Å². The van der Waals surface area contributed by atoms with Crippen molar-refractivity contribution in [2.75, 3.05) is 0 Å². The lowest BCUT2D eigenvalue weighted by Gasteiger charge is -2.09. The van der Waals surface area contributed by atoms with Gasteiger partial charge in [0.15, 0.2) is 0 Å². The second kappa shape index (κ2) is 4.45. The highest BCUT2D eigenvalue weighted by atomic mass is 35.5. The maximum atomic E-state index is 8.61. The zero-order chi connectivity index (χ0) is 9.26. The van der Waals surface area contributed by atoms with Crippen LogP contribution in [-0.2, 0) is 0 Å². The molecule has 1 saturated carbocycles. The van der Waals surface area contributed by atoms with Crippen LogP contribution in [0.25, 0.3) is 0 Å². The Morgan fingerprint density at radius 1 is 1.29 bits per heavy atom. The summed E-state index contributed by atoms with van der Waals surface area (Å²) in [5, 5.41) is 8.61. The van der Waals surface area contributed by atoms with Gasteiger partial charge in [0.1, 0.15) is 0 Å². The van der Waals surface area contributed by atoms with E-state index >= 15 is 0 Å². The fourth-order valence-corrected chi connectivity index (χ4v) is 1.51. The molecule has 0 heterocycles. The molecular formula is C11H13ClN2. The van der Waals surface area contributed by atoms with Gasteiger partial charge in [0.2, 0.25) is 0 Å². The Bertz CT molecular complexity index is 335. The van der Waals surface area contributed by atoms with Crippen molar-refractivity contribution in [3.05, 3.63) is 35.4 Å². The summed E-state index contributed by atoms with van der Waals surface area (Å²) in [5.41, 5.74) is 7.86. The van der Waals surface area contributed by atoms with Gasteiger partial charge in [-0.15, -0.1) is 12.4 Å². The molecule has 0 spiro atoms. The number of nitrogens with zero attached hydrogens (tertiary/aromatic N) is 1. The van der Waals surface area contributed by atoms with Crippen molar-refractivity contribution in [1.29, 1.82) is 5.26 Å². The van der Waals surface area contributed by atoms with E-state index in [4.69, 9.17) is 11.0 Å². The molecule has 0 radical (unpaired) electrons. The molecular weight excluding hydrogens is 196 g/mol. The molecule has 1 aromatic carbocycles. The van der Waals surface area contributed by atoms with Gasteiger partial charge in [0.05, 0.1) is 11.6 Å². The van der Waals surface area contributed by atoms with Crippen molar-refractivity contribution in [1.82, 2.24) is 0 Å². The number of rotatable bonds is 2. The summed E-state index contributed by atoms with van der Waals surface area (Å²) >= 11 is 0. The standard InChI is InChI=1S/C11H12N2.ClH/c12-7-8-1-3-9(4-2-8)11(13)10-5-6-10;/h1-4,10-11H,5-6,13H2;1H/t11-;/m1./s1. The largest absolute Gasteiger partial charge is 0.324 e. The topological polar surface area (TPSA) is 49.8 Å². The van der Waals surface area contributed by atoms with Crippen molar-refractivity contribution in [3.8, 4) is 6.07 Å². The van der Waals surface area contributed by atoms with Gasteiger partial charge in [0.25, 0.3) is 0 Å². The minimum Gasteiger partial charge on any atom is -0.324 e. The van der Waals surface area contributed by atoms with Crippen molar-refractivity contribution in [2.45, 2.75) is 18.9 Å². The first kappa shape index (κ1) is 11.0. The number of halogens is 1. The van der Waals surface area contributed by atoms with E-state index in [1.54, 1.807) is 0 Å². The zero-order valence-electron chi connectivity index (χ0n) is 7.81. The average molecular weight is 209 g/mol. The number of hydrogen-bond donors (Lipinski definition) is 1. The second-order valence-electron chi connectivity index (χ2n) is 3.60. The van der Waals surface area contributed by atoms with E-state index in [9.17, 15) is 0 Å². The van der Waals surface area contributed by atoms with E-state index in [0.717, 1.165) is 5.56 Å². The molecule has 1 atom stereocenters. The highest BCUT2D eigenvalue weighted by Gasteiger charge is 2.29. The molecule has 1 aromatic rings. The summed E-state index contributed by atoms with van der Waals surface area (Å²) in [7, 11) is 0. The maximum Gasteiger partial charge on any atom is 0.0991 e. The van der Waals surface area contributed by atoms with Crippen LogP contribution in [0.3, 0.4) is 0 Å². The first-order valence-corrected chi connectivity index (χ1v) is 4.57. The van der Waals surface area contributed by atoms with E-state index < -0.39 is 0 Å². The number of benzene rings is 1. The van der Waals surface area contributed by atoms with Crippen LogP contribution in [0, 0.1) is 17.2 Å². The predicted molar refractivity (Wildman–Crippen MR) is 58.1 cm³/mol. The van der Waals surface area contributed by atoms with Crippen molar-refractivity contribution in [3.63, 3.8) is 0 Å². The van der Waals surface area contributed by atoms with Crippen LogP contribution in [0.5, 0.6) is 0 Å². The van der Waals surface area contributed by atoms with Crippen molar-refractivity contribution < 1.29 is 0 Å². The number of hydrogen-bond acceptors (Lipinski definition) is 2. The van der Waals surface area contributed by atoms with Crippen LogP contribution in [0.2, 0.25) is 0 Å². The first-order chi connectivity index (χ1) is 6.31. The lowest BCUT2D eigenvalue weighted by molar-refractivity contribution is 0.633. The van der Waals surface area contributed by atoms with E-state index in [1.807, 2.05) is 24.3 Å². The Hall–Kier alpha value is -1.04. The summed E-state index contributed by atoms with van der Waals surface area (Å²) in [4.78, 5) is 0. The van der Waals surface area contributed by atoms with E-state index in [2.05, 4.69) is 6.07 Å². The fourth-order valence-electron chi connectivity index (χ4n) is 1.51. The van der Waals surface area contributed by atoms with Crippen LogP contribution >= 0.6 is 12.4 Å². The summed E-state index contributed by atoms with van der Waals surface area (Å²) in [6, 6.07) is 9.85. The predicted octanol–water partition coefficient (Wildman–Crippen LogP) is 2.39. The highest BCUT2D eigenvalue weighted by molar-refractivity contribution is 5.85. The van der Waals surface area contributed by atoms with E-state index in [-0.39, 0.29) is 18.4 Å². The smallest absolute Gasteiger partial charge is 0.0991 e. The van der Waals surface area contributed by atoms with Crippen molar-refractivity contribution in [2.24, 2.45) is 11.7 Å². The molecule has 0 unspecified atom stereocenters. The van der Waals surface area contributed by atoms with Crippen LogP contribution in [0.1, 0.15) is 30.0 Å². The van der Waals surface area contributed by atoms with Gasteiger partial charge in [-0.1, -0.05) is 12.1 Å². The second-order valence-corrected chi connectivity index (χ2v) is 3.60. The number of nitriles is 1. The Balaban J connectivity index is 0.000000980. The first-order valence-electron chi connectivity index (χ1n) is 4.57. The van der Waals surface area contributed by atoms with Crippen LogP contribution in [-0.4, -0.2) is 0 Å². The van der Waals surface area contributed by atoms with Gasteiger partial charge >= 0.3 is 0 Å². The third-order valence-electron chi connectivity index (χ3n) is 2.55. The highest BCUT2D eigenvalue weighted by Crippen LogP contribution is 2.39. The molecule has 14 heavy (non-hydrogen) atoms. The minimum absolute atomic E-state index is 0. The SMILES string of the molecule is Cl.N#Cc1ccc([C@@H](N)C2CC2)cc1. The summed E-state index contributed by atoms with van der Waals surface area (Å²) in [5.74, 6) is 0.674. The van der Waals surface area contributed by atoms with Crippen molar-refractivity contribution >= 4 is 12.4 Å². The van der Waals surface area contributed by atoms with Crippen LogP contribution in [0.4, 0.5) is 0 Å². The van der Waals surface area contributed by atoms with Gasteiger partial charge in [0, 0.05) is 6.04 Å². The molecule has 1 aliphatic rings. The molecule has 2 rings (SSSR count). The Morgan fingerprint density at radius 2 is 1.86 bits per heavy atom. The lowest BCUT2D eigenvalue weighted by Crippen LogP contribution is -2.11. The molecule has 0 aromatic heterocycles. The van der Waals surface area contributed by atoms with E-state index in [1.165, 1.54) is 12.8 Å². The van der Waals surface area contributed by atoms with Gasteiger partial charge in [-0.25, -0.2) is 0 Å². The van der Waals surface area contributed by atoms with E-state index in [0.29, 0.717) is 11.5 Å². The Morgan fingerprint density at radius 3 is 2.29 bits per heavy atom. The van der Waals surface area contributed by atoms with Crippen LogP contribution < -0.4 is 5.73 Å². The number of nitrogens with two attached hydrogens (primary N) is 1. The molecule has 74 valence electrons. The molecule has 1 fully saturated rings. The zero-order valence-corrected chi connectivity index (χ0v) is 8.63. The minimum atomic E-state index is 0. The summed E-state index contributed by atoms with van der Waals surface area (Å²) < 4.78 is 0. The van der Waals surface area contributed by atoms with Gasteiger partial charge in [-0.3, -0.25) is 0 Å². The normalized spacial score (nSPS) is 16.6. The monoisotopic (exact) mass is 208 g/mol. The summed E-state index contributed by atoms with van der Waals surface area (Å²) in [6.45, 7) is 0.